The van der Waals surface area contributed by atoms with E-state index in [0.29, 0.717) is 18.4 Å². The van der Waals surface area contributed by atoms with Gasteiger partial charge in [-0.15, -0.1) is 0 Å². The zero-order valence-electron chi connectivity index (χ0n) is 19.0. The van der Waals surface area contributed by atoms with Gasteiger partial charge in [0.05, 0.1) is 24.3 Å². The van der Waals surface area contributed by atoms with Crippen molar-refractivity contribution in [1.29, 1.82) is 10.7 Å². The van der Waals surface area contributed by atoms with Gasteiger partial charge in [0, 0.05) is 23.9 Å². The largest absolute Gasteiger partial charge is 0.474 e. The second kappa shape index (κ2) is 12.6. The Morgan fingerprint density at radius 1 is 1.26 bits per heavy atom. The predicted octanol–water partition coefficient (Wildman–Crippen LogP) is 4.58. The van der Waals surface area contributed by atoms with Gasteiger partial charge in [-0.2, -0.15) is 14.0 Å². The van der Waals surface area contributed by atoms with Gasteiger partial charge in [-0.3, -0.25) is 10.7 Å². The number of amides is 2. The number of nitrogens with zero attached hydrogens (tertiary/aromatic N) is 2. The summed E-state index contributed by atoms with van der Waals surface area (Å²) in [6.07, 6.45) is 4.19. The van der Waals surface area contributed by atoms with E-state index in [0.717, 1.165) is 18.4 Å². The number of nitrogens with one attached hydrogen (secondary N) is 3. The Morgan fingerprint density at radius 3 is 2.60 bits per heavy atom. The number of anilines is 2. The summed E-state index contributed by atoms with van der Waals surface area (Å²) in [5, 5.41) is 22.5. The summed E-state index contributed by atoms with van der Waals surface area (Å²) >= 11 is 0. The van der Waals surface area contributed by atoms with Crippen LogP contribution in [-0.2, 0) is 9.47 Å². The van der Waals surface area contributed by atoms with Crippen molar-refractivity contribution in [1.82, 2.24) is 10.3 Å². The summed E-state index contributed by atoms with van der Waals surface area (Å²) in [6.45, 7) is -3.13. The van der Waals surface area contributed by atoms with Gasteiger partial charge in [-0.05, 0) is 37.7 Å². The predicted molar refractivity (Wildman–Crippen MR) is 126 cm³/mol. The number of pyridine rings is 1. The molecule has 0 spiro atoms. The molecule has 0 saturated heterocycles. The molecule has 1 fully saturated rings. The van der Waals surface area contributed by atoms with Gasteiger partial charge < -0.3 is 20.5 Å². The highest BCUT2D eigenvalue weighted by molar-refractivity contribution is 5.98. The number of carbonyl (C=O) groups is 1. The summed E-state index contributed by atoms with van der Waals surface area (Å²) in [6, 6.07) is 11.4. The highest BCUT2D eigenvalue weighted by Gasteiger charge is 2.24. The quantitative estimate of drug-likeness (QED) is 0.301. The highest BCUT2D eigenvalue weighted by Crippen LogP contribution is 2.27. The molecule has 1 saturated carbocycles. The number of benzene rings is 1. The molecule has 0 radical (unpaired) electrons. The third-order valence-electron chi connectivity index (χ3n) is 5.72. The van der Waals surface area contributed by atoms with Gasteiger partial charge in [0.2, 0.25) is 5.90 Å². The first-order valence-corrected chi connectivity index (χ1v) is 11.3. The number of carbonyl (C=O) groups excluding carboxylic acids is 1. The van der Waals surface area contributed by atoms with Gasteiger partial charge >= 0.3 is 12.6 Å². The molecule has 2 amide bonds. The van der Waals surface area contributed by atoms with Crippen molar-refractivity contribution in [2.75, 3.05) is 17.7 Å². The van der Waals surface area contributed by atoms with E-state index in [-0.39, 0.29) is 42.5 Å². The van der Waals surface area contributed by atoms with E-state index < -0.39 is 18.7 Å². The van der Waals surface area contributed by atoms with Crippen LogP contribution in [0.25, 0.3) is 0 Å². The van der Waals surface area contributed by atoms with Crippen molar-refractivity contribution in [3.05, 3.63) is 53.7 Å². The van der Waals surface area contributed by atoms with Crippen LogP contribution in [-0.4, -0.2) is 36.2 Å². The third kappa shape index (κ3) is 7.89. The van der Waals surface area contributed by atoms with Crippen LogP contribution >= 0.6 is 0 Å². The van der Waals surface area contributed by atoms with Gasteiger partial charge in [-0.1, -0.05) is 30.3 Å². The first-order chi connectivity index (χ1) is 16.9. The topological polar surface area (TPSA) is 146 Å². The number of nitriles is 1. The van der Waals surface area contributed by atoms with Crippen LogP contribution in [0.2, 0.25) is 0 Å². The second-order valence-electron chi connectivity index (χ2n) is 8.19. The van der Waals surface area contributed by atoms with Crippen molar-refractivity contribution >= 4 is 23.4 Å². The van der Waals surface area contributed by atoms with Crippen LogP contribution in [0.1, 0.15) is 49.3 Å². The van der Waals surface area contributed by atoms with Crippen LogP contribution in [0.15, 0.2) is 42.6 Å². The number of alkyl halides is 2. The minimum absolute atomic E-state index is 0.0330. The number of nitrogens with two attached hydrogens (primary N) is 1. The monoisotopic (exact) mass is 486 g/mol. The SMILES string of the molecule is N#CC1CCC(OC(=N)c2cnc(NC(=O)N[C@H](CCOC(F)F)c3ccccc3)cc2N)CC1. The number of rotatable bonds is 9. The molecule has 1 aliphatic carbocycles. The molecule has 2 aromatic rings. The molecule has 0 aliphatic heterocycles. The Hall–Kier alpha value is -3.78. The Balaban J connectivity index is 1.58. The summed E-state index contributed by atoms with van der Waals surface area (Å²) in [5.41, 5.74) is 7.30. The molecule has 1 heterocycles. The van der Waals surface area contributed by atoms with Gasteiger partial charge in [0.15, 0.2) is 0 Å². The smallest absolute Gasteiger partial charge is 0.345 e. The van der Waals surface area contributed by atoms with Crippen molar-refractivity contribution < 1.29 is 23.0 Å². The number of aromatic nitrogens is 1. The molecule has 9 nitrogen and oxygen atoms in total. The number of ether oxygens (including phenoxy) is 2. The first-order valence-electron chi connectivity index (χ1n) is 11.3. The average molecular weight is 487 g/mol. The Bertz CT molecular complexity index is 1040. The van der Waals surface area contributed by atoms with Crippen molar-refractivity contribution in [3.63, 3.8) is 0 Å². The minimum Gasteiger partial charge on any atom is -0.474 e. The van der Waals surface area contributed by atoms with Gasteiger partial charge in [-0.25, -0.2) is 9.78 Å². The highest BCUT2D eigenvalue weighted by atomic mass is 19.3. The van der Waals surface area contributed by atoms with Gasteiger partial charge in [0.1, 0.15) is 11.9 Å². The Morgan fingerprint density at radius 2 is 1.97 bits per heavy atom. The fraction of sp³-hybridized carbons (Fsp3) is 0.417. The number of hydrogen-bond acceptors (Lipinski definition) is 7. The van der Waals surface area contributed by atoms with E-state index in [1.54, 1.807) is 24.3 Å². The zero-order chi connectivity index (χ0) is 25.2. The molecule has 11 heteroatoms. The maximum atomic E-state index is 12.6. The van der Waals surface area contributed by atoms with E-state index in [4.69, 9.17) is 21.1 Å². The lowest BCUT2D eigenvalue weighted by molar-refractivity contribution is -0.130. The van der Waals surface area contributed by atoms with Crippen LogP contribution < -0.4 is 16.4 Å². The molecule has 186 valence electrons. The maximum absolute atomic E-state index is 12.6. The fourth-order valence-electron chi connectivity index (χ4n) is 3.86. The van der Waals surface area contributed by atoms with Gasteiger partial charge in [0.25, 0.3) is 0 Å². The summed E-state index contributed by atoms with van der Waals surface area (Å²) < 4.78 is 34.7. The second-order valence-corrected chi connectivity index (χ2v) is 8.19. The molecule has 0 unspecified atom stereocenters. The molecular formula is C24H28F2N6O3. The lowest BCUT2D eigenvalue weighted by Crippen LogP contribution is -2.33. The van der Waals surface area contributed by atoms with Crippen LogP contribution in [0.4, 0.5) is 25.1 Å². The Labute approximate surface area is 202 Å². The van der Waals surface area contributed by atoms with Crippen molar-refractivity contribution in [2.24, 2.45) is 5.92 Å². The molecule has 0 bridgehead atoms. The number of halogens is 2. The first kappa shape index (κ1) is 25.8. The van der Waals surface area contributed by atoms with E-state index >= 15 is 0 Å². The zero-order valence-corrected chi connectivity index (χ0v) is 19.0. The summed E-state index contributed by atoms with van der Waals surface area (Å²) in [7, 11) is 0. The van der Waals surface area contributed by atoms with Crippen molar-refractivity contribution in [3.8, 4) is 6.07 Å². The summed E-state index contributed by atoms with van der Waals surface area (Å²) in [4.78, 5) is 16.7. The number of nitrogen functional groups attached to an aromatic ring is 1. The lowest BCUT2D eigenvalue weighted by atomic mass is 9.88. The van der Waals surface area contributed by atoms with E-state index in [1.807, 2.05) is 6.07 Å². The minimum atomic E-state index is -2.89. The maximum Gasteiger partial charge on any atom is 0.345 e. The molecule has 1 aliphatic rings. The number of hydrogen-bond donors (Lipinski definition) is 4. The molecule has 1 aromatic carbocycles. The Kier molecular flexibility index (Phi) is 9.31. The average Bonchev–Trinajstić information content (AvgIpc) is 2.84. The van der Waals surface area contributed by atoms with E-state index in [2.05, 4.69) is 26.4 Å². The molecule has 1 atom stereocenters. The third-order valence-corrected chi connectivity index (χ3v) is 5.72. The summed E-state index contributed by atoms with van der Waals surface area (Å²) in [5.74, 6) is 0.0712. The van der Waals surface area contributed by atoms with Crippen LogP contribution in [0.3, 0.4) is 0 Å². The van der Waals surface area contributed by atoms with E-state index in [9.17, 15) is 13.6 Å². The van der Waals surface area contributed by atoms with Crippen LogP contribution in [0.5, 0.6) is 0 Å². The molecule has 5 N–H and O–H groups in total. The normalized spacial score (nSPS) is 18.3. The molecule has 35 heavy (non-hydrogen) atoms. The van der Waals surface area contributed by atoms with Crippen LogP contribution in [0, 0.1) is 22.7 Å². The molecular weight excluding hydrogens is 458 g/mol. The standard InChI is InChI=1S/C24H28F2N6O3/c25-23(26)34-11-10-20(16-4-2-1-3-5-16)31-24(33)32-21-12-19(28)18(14-30-21)22(29)35-17-8-6-15(13-27)7-9-17/h1-5,12,14-15,17,20,23,29H,6-11H2,(H4,28,30,31,32,33)/t15?,17?,20-/m1/s1. The van der Waals surface area contributed by atoms with E-state index in [1.165, 1.54) is 12.3 Å². The fourth-order valence-corrected chi connectivity index (χ4v) is 3.86. The number of urea groups is 1. The lowest BCUT2D eigenvalue weighted by Gasteiger charge is -2.26. The molecule has 3 rings (SSSR count). The van der Waals surface area contributed by atoms with Crippen molar-refractivity contribution in [2.45, 2.75) is 50.9 Å². The molecule has 1 aromatic heterocycles.